The van der Waals surface area contributed by atoms with Crippen molar-refractivity contribution in [1.82, 2.24) is 4.98 Å². The van der Waals surface area contributed by atoms with Gasteiger partial charge < -0.3 is 20.3 Å². The molecule has 1 aliphatic heterocycles. The van der Waals surface area contributed by atoms with E-state index < -0.39 is 0 Å². The summed E-state index contributed by atoms with van der Waals surface area (Å²) in [5.41, 5.74) is 4.74. The highest BCUT2D eigenvalue weighted by molar-refractivity contribution is 5.82. The number of aliphatic hydroxyl groups is 1. The predicted octanol–water partition coefficient (Wildman–Crippen LogP) is 3.41. The Kier molecular flexibility index (Phi) is 4.86. The maximum Gasteiger partial charge on any atom is 0.253 e. The standard InChI is InChI=1S/C22H25N3O2/c1-15-4-2-5-16-12-17(22(27)24-21(15)16)13-23-18-7-9-19(10-8-18)25-11-3-6-20(26)14-25/h2,4-5,7-10,12,20,23,26H,3,6,11,13-14H2,1H3,(H,24,27)/t20-/m1/s1. The lowest BCUT2D eigenvalue weighted by Gasteiger charge is -2.32. The second kappa shape index (κ2) is 7.45. The summed E-state index contributed by atoms with van der Waals surface area (Å²) in [6.07, 6.45) is 1.67. The number of benzene rings is 2. The van der Waals surface area contributed by atoms with E-state index in [9.17, 15) is 9.90 Å². The largest absolute Gasteiger partial charge is 0.391 e. The van der Waals surface area contributed by atoms with Crippen molar-refractivity contribution in [2.45, 2.75) is 32.4 Å². The van der Waals surface area contributed by atoms with Crippen LogP contribution in [0.3, 0.4) is 0 Å². The lowest BCUT2D eigenvalue weighted by atomic mass is 10.1. The quantitative estimate of drug-likeness (QED) is 0.664. The van der Waals surface area contributed by atoms with E-state index in [1.54, 1.807) is 0 Å². The molecular formula is C22H25N3O2. The number of nitrogens with one attached hydrogen (secondary N) is 2. The van der Waals surface area contributed by atoms with Crippen LogP contribution < -0.4 is 15.8 Å². The zero-order valence-electron chi connectivity index (χ0n) is 15.5. The molecule has 0 amide bonds. The van der Waals surface area contributed by atoms with Gasteiger partial charge in [-0.3, -0.25) is 4.79 Å². The smallest absolute Gasteiger partial charge is 0.253 e. The summed E-state index contributed by atoms with van der Waals surface area (Å²) in [5.74, 6) is 0. The molecule has 0 aliphatic carbocycles. The van der Waals surface area contributed by atoms with Gasteiger partial charge in [0.1, 0.15) is 0 Å². The lowest BCUT2D eigenvalue weighted by molar-refractivity contribution is 0.154. The molecule has 0 saturated carbocycles. The first kappa shape index (κ1) is 17.6. The number of aromatic nitrogens is 1. The van der Waals surface area contributed by atoms with E-state index in [2.05, 4.69) is 27.3 Å². The second-order valence-electron chi connectivity index (χ2n) is 7.31. The number of anilines is 2. The molecule has 1 fully saturated rings. The van der Waals surface area contributed by atoms with Crippen LogP contribution in [0.5, 0.6) is 0 Å². The number of aliphatic hydroxyl groups excluding tert-OH is 1. The monoisotopic (exact) mass is 363 g/mol. The third-order valence-corrected chi connectivity index (χ3v) is 5.28. The van der Waals surface area contributed by atoms with Crippen molar-refractivity contribution < 1.29 is 5.11 Å². The molecule has 0 unspecified atom stereocenters. The van der Waals surface area contributed by atoms with Crippen LogP contribution in [0, 0.1) is 6.92 Å². The number of para-hydroxylation sites is 1. The Hall–Kier alpha value is -2.79. The fraction of sp³-hybridized carbons (Fsp3) is 0.318. The highest BCUT2D eigenvalue weighted by atomic mass is 16.3. The van der Waals surface area contributed by atoms with Crippen molar-refractivity contribution in [3.05, 3.63) is 70.0 Å². The van der Waals surface area contributed by atoms with Gasteiger partial charge in [0.05, 0.1) is 11.6 Å². The van der Waals surface area contributed by atoms with Crippen LogP contribution in [0.2, 0.25) is 0 Å². The van der Waals surface area contributed by atoms with Crippen LogP contribution >= 0.6 is 0 Å². The van der Waals surface area contributed by atoms with Crippen LogP contribution in [0.1, 0.15) is 24.0 Å². The first-order chi connectivity index (χ1) is 13.1. The van der Waals surface area contributed by atoms with Crippen LogP contribution in [0.4, 0.5) is 11.4 Å². The number of H-pyrrole nitrogens is 1. The zero-order valence-corrected chi connectivity index (χ0v) is 15.5. The maximum atomic E-state index is 12.4. The van der Waals surface area contributed by atoms with E-state index in [4.69, 9.17) is 0 Å². The Balaban J connectivity index is 1.46. The molecule has 1 atom stereocenters. The number of piperidine rings is 1. The molecular weight excluding hydrogens is 338 g/mol. The van der Waals surface area contributed by atoms with Gasteiger partial charge in [-0.15, -0.1) is 0 Å². The first-order valence-corrected chi connectivity index (χ1v) is 9.48. The lowest BCUT2D eigenvalue weighted by Crippen LogP contribution is -2.38. The predicted molar refractivity (Wildman–Crippen MR) is 111 cm³/mol. The fourth-order valence-electron chi connectivity index (χ4n) is 3.74. The van der Waals surface area contributed by atoms with Crippen LogP contribution in [-0.4, -0.2) is 29.3 Å². The SMILES string of the molecule is Cc1cccc2cc(CNc3ccc(N4CCC[C@@H](O)C4)cc3)c(=O)[nH]c12. The van der Waals surface area contributed by atoms with E-state index in [-0.39, 0.29) is 11.7 Å². The van der Waals surface area contributed by atoms with E-state index in [1.807, 2.05) is 43.3 Å². The molecule has 2 heterocycles. The third kappa shape index (κ3) is 3.83. The number of β-amino-alcohol motifs (C(OH)–C–C–N with tert-alkyl or cyclic N) is 1. The molecule has 3 aromatic rings. The number of rotatable bonds is 4. The summed E-state index contributed by atoms with van der Waals surface area (Å²) >= 11 is 0. The Morgan fingerprint density at radius 1 is 1.22 bits per heavy atom. The normalized spacial score (nSPS) is 17.3. The molecule has 140 valence electrons. The van der Waals surface area contributed by atoms with Crippen molar-refractivity contribution in [2.75, 3.05) is 23.3 Å². The van der Waals surface area contributed by atoms with Gasteiger partial charge in [-0.2, -0.15) is 0 Å². The molecule has 4 rings (SSSR count). The van der Waals surface area contributed by atoms with E-state index >= 15 is 0 Å². The van der Waals surface area contributed by atoms with E-state index in [1.165, 1.54) is 0 Å². The van der Waals surface area contributed by atoms with Gasteiger partial charge in [0.25, 0.3) is 5.56 Å². The van der Waals surface area contributed by atoms with Gasteiger partial charge in [-0.25, -0.2) is 0 Å². The highest BCUT2D eigenvalue weighted by Crippen LogP contribution is 2.22. The molecule has 1 aromatic heterocycles. The molecule has 0 bridgehead atoms. The van der Waals surface area contributed by atoms with E-state index in [0.29, 0.717) is 13.1 Å². The van der Waals surface area contributed by atoms with Gasteiger partial charge in [0, 0.05) is 36.6 Å². The summed E-state index contributed by atoms with van der Waals surface area (Å²) in [7, 11) is 0. The van der Waals surface area contributed by atoms with Crippen LogP contribution in [0.15, 0.2) is 53.3 Å². The summed E-state index contributed by atoms with van der Waals surface area (Å²) in [4.78, 5) is 17.6. The topological polar surface area (TPSA) is 68.4 Å². The molecule has 0 radical (unpaired) electrons. The van der Waals surface area contributed by atoms with Crippen molar-refractivity contribution in [3.8, 4) is 0 Å². The van der Waals surface area contributed by atoms with Crippen molar-refractivity contribution in [2.24, 2.45) is 0 Å². The number of aryl methyl sites for hydroxylation is 1. The van der Waals surface area contributed by atoms with Gasteiger partial charge in [0.15, 0.2) is 0 Å². The summed E-state index contributed by atoms with van der Waals surface area (Å²) in [6, 6.07) is 16.2. The van der Waals surface area contributed by atoms with Gasteiger partial charge in [-0.05, 0) is 61.0 Å². The summed E-state index contributed by atoms with van der Waals surface area (Å²) in [5, 5.41) is 14.2. The van der Waals surface area contributed by atoms with Gasteiger partial charge >= 0.3 is 0 Å². The van der Waals surface area contributed by atoms with Gasteiger partial charge in [0.2, 0.25) is 0 Å². The summed E-state index contributed by atoms with van der Waals surface area (Å²) in [6.45, 7) is 4.15. The van der Waals surface area contributed by atoms with Gasteiger partial charge in [-0.1, -0.05) is 18.2 Å². The number of hydrogen-bond donors (Lipinski definition) is 3. The number of aromatic amines is 1. The number of fused-ring (bicyclic) bond motifs is 1. The third-order valence-electron chi connectivity index (χ3n) is 5.28. The second-order valence-corrected chi connectivity index (χ2v) is 7.31. The molecule has 1 aliphatic rings. The minimum atomic E-state index is -0.236. The Morgan fingerprint density at radius 3 is 2.81 bits per heavy atom. The van der Waals surface area contributed by atoms with Crippen molar-refractivity contribution >= 4 is 22.3 Å². The Bertz CT molecular complexity index is 995. The molecule has 1 saturated heterocycles. The summed E-state index contributed by atoms with van der Waals surface area (Å²) < 4.78 is 0. The zero-order chi connectivity index (χ0) is 18.8. The number of pyridine rings is 1. The number of nitrogens with zero attached hydrogens (tertiary/aromatic N) is 1. The molecule has 5 nitrogen and oxygen atoms in total. The maximum absolute atomic E-state index is 12.4. The van der Waals surface area contributed by atoms with E-state index in [0.717, 1.165) is 52.8 Å². The average molecular weight is 363 g/mol. The van der Waals surface area contributed by atoms with Crippen molar-refractivity contribution in [3.63, 3.8) is 0 Å². The highest BCUT2D eigenvalue weighted by Gasteiger charge is 2.17. The molecule has 0 spiro atoms. The fourth-order valence-corrected chi connectivity index (χ4v) is 3.74. The molecule has 3 N–H and O–H groups in total. The Labute approximate surface area is 158 Å². The first-order valence-electron chi connectivity index (χ1n) is 9.48. The molecule has 2 aromatic carbocycles. The molecule has 27 heavy (non-hydrogen) atoms. The average Bonchev–Trinajstić information content (AvgIpc) is 2.68. The minimum absolute atomic E-state index is 0.0526. The van der Waals surface area contributed by atoms with Crippen LogP contribution in [-0.2, 0) is 6.54 Å². The van der Waals surface area contributed by atoms with Crippen molar-refractivity contribution in [1.29, 1.82) is 0 Å². The number of hydrogen-bond acceptors (Lipinski definition) is 4. The Morgan fingerprint density at radius 2 is 2.04 bits per heavy atom. The minimum Gasteiger partial charge on any atom is -0.391 e. The molecule has 5 heteroatoms. The van der Waals surface area contributed by atoms with Crippen LogP contribution in [0.25, 0.3) is 10.9 Å².